The SMILES string of the molecule is C[C@H](/C=C/c1ccccc1)N1CCc2cc(F)ccc21. The van der Waals surface area contributed by atoms with Crippen LogP contribution in [0.2, 0.25) is 0 Å². The zero-order valence-corrected chi connectivity index (χ0v) is 11.6. The molecule has 0 fully saturated rings. The van der Waals surface area contributed by atoms with Crippen molar-refractivity contribution in [3.63, 3.8) is 0 Å². The lowest BCUT2D eigenvalue weighted by Crippen LogP contribution is -2.29. The highest BCUT2D eigenvalue weighted by Crippen LogP contribution is 2.30. The van der Waals surface area contributed by atoms with E-state index in [1.54, 1.807) is 12.1 Å². The molecule has 0 N–H and O–H groups in total. The van der Waals surface area contributed by atoms with Crippen LogP contribution < -0.4 is 4.90 Å². The fourth-order valence-corrected chi connectivity index (χ4v) is 2.74. The molecule has 0 saturated carbocycles. The maximum absolute atomic E-state index is 13.2. The van der Waals surface area contributed by atoms with Gasteiger partial charge in [-0.05, 0) is 42.7 Å². The summed E-state index contributed by atoms with van der Waals surface area (Å²) in [5, 5.41) is 0. The van der Waals surface area contributed by atoms with Gasteiger partial charge in [0.1, 0.15) is 5.82 Å². The van der Waals surface area contributed by atoms with Gasteiger partial charge in [-0.2, -0.15) is 0 Å². The molecule has 3 rings (SSSR count). The Kier molecular flexibility index (Phi) is 3.55. The monoisotopic (exact) mass is 267 g/mol. The van der Waals surface area contributed by atoms with Gasteiger partial charge in [0, 0.05) is 18.3 Å². The molecule has 0 unspecified atom stereocenters. The number of anilines is 1. The summed E-state index contributed by atoms with van der Waals surface area (Å²) in [6.45, 7) is 3.14. The molecule has 2 heteroatoms. The summed E-state index contributed by atoms with van der Waals surface area (Å²) in [5.41, 5.74) is 3.49. The minimum atomic E-state index is -0.141. The van der Waals surface area contributed by atoms with Gasteiger partial charge in [0.05, 0.1) is 0 Å². The molecule has 102 valence electrons. The van der Waals surface area contributed by atoms with Gasteiger partial charge < -0.3 is 4.90 Å². The van der Waals surface area contributed by atoms with E-state index in [9.17, 15) is 4.39 Å². The molecule has 0 saturated heterocycles. The summed E-state index contributed by atoms with van der Waals surface area (Å²) in [4.78, 5) is 2.33. The average molecular weight is 267 g/mol. The van der Waals surface area contributed by atoms with Crippen molar-refractivity contribution in [3.8, 4) is 0 Å². The summed E-state index contributed by atoms with van der Waals surface area (Å²) in [6.07, 6.45) is 5.27. The molecule has 0 aromatic heterocycles. The van der Waals surface area contributed by atoms with Gasteiger partial charge in [-0.1, -0.05) is 42.5 Å². The lowest BCUT2D eigenvalue weighted by molar-refractivity contribution is 0.626. The summed E-state index contributed by atoms with van der Waals surface area (Å²) in [5.74, 6) is -0.141. The molecule has 2 aromatic rings. The lowest BCUT2D eigenvalue weighted by atomic mass is 10.1. The molecular weight excluding hydrogens is 249 g/mol. The Bertz CT molecular complexity index is 619. The summed E-state index contributed by atoms with van der Waals surface area (Å²) >= 11 is 0. The molecule has 1 aliphatic heterocycles. The zero-order chi connectivity index (χ0) is 13.9. The highest BCUT2D eigenvalue weighted by atomic mass is 19.1. The van der Waals surface area contributed by atoms with Gasteiger partial charge >= 0.3 is 0 Å². The van der Waals surface area contributed by atoms with Crippen LogP contribution in [0.5, 0.6) is 0 Å². The third-order valence-electron chi connectivity index (χ3n) is 3.83. The Morgan fingerprint density at radius 3 is 2.75 bits per heavy atom. The number of fused-ring (bicyclic) bond motifs is 1. The van der Waals surface area contributed by atoms with E-state index in [4.69, 9.17) is 0 Å². The standard InChI is InChI=1S/C18H18FN/c1-14(7-8-15-5-3-2-4-6-15)20-12-11-16-13-17(19)9-10-18(16)20/h2-10,13-14H,11-12H2,1H3/b8-7+/t14-/m1/s1. The van der Waals surface area contributed by atoms with E-state index in [0.29, 0.717) is 6.04 Å². The second kappa shape index (κ2) is 5.49. The molecule has 1 nitrogen and oxygen atoms in total. The van der Waals surface area contributed by atoms with E-state index in [2.05, 4.69) is 36.1 Å². The quantitative estimate of drug-likeness (QED) is 0.802. The number of hydrogen-bond donors (Lipinski definition) is 0. The Morgan fingerprint density at radius 2 is 1.95 bits per heavy atom. The van der Waals surface area contributed by atoms with Gasteiger partial charge in [-0.25, -0.2) is 4.39 Å². The number of nitrogens with zero attached hydrogens (tertiary/aromatic N) is 1. The number of rotatable bonds is 3. The fourth-order valence-electron chi connectivity index (χ4n) is 2.74. The van der Waals surface area contributed by atoms with Crippen LogP contribution in [0.25, 0.3) is 6.08 Å². The van der Waals surface area contributed by atoms with Crippen molar-refractivity contribution in [1.82, 2.24) is 0 Å². The van der Waals surface area contributed by atoms with Gasteiger partial charge in [-0.15, -0.1) is 0 Å². The largest absolute Gasteiger partial charge is 0.365 e. The first-order chi connectivity index (χ1) is 9.74. The van der Waals surface area contributed by atoms with Crippen molar-refractivity contribution in [2.45, 2.75) is 19.4 Å². The molecule has 1 atom stereocenters. The van der Waals surface area contributed by atoms with Crippen molar-refractivity contribution >= 4 is 11.8 Å². The second-order valence-electron chi connectivity index (χ2n) is 5.23. The Morgan fingerprint density at radius 1 is 1.15 bits per heavy atom. The summed E-state index contributed by atoms with van der Waals surface area (Å²) in [6, 6.07) is 15.7. The molecule has 0 amide bonds. The molecular formula is C18H18FN. The van der Waals surface area contributed by atoms with E-state index in [-0.39, 0.29) is 5.82 Å². The minimum Gasteiger partial charge on any atom is -0.365 e. The van der Waals surface area contributed by atoms with Crippen molar-refractivity contribution < 1.29 is 4.39 Å². The van der Waals surface area contributed by atoms with Crippen LogP contribution >= 0.6 is 0 Å². The Hall–Kier alpha value is -2.09. The second-order valence-corrected chi connectivity index (χ2v) is 5.23. The molecule has 0 radical (unpaired) electrons. The minimum absolute atomic E-state index is 0.141. The van der Waals surface area contributed by atoms with Crippen molar-refractivity contribution in [3.05, 3.63) is 71.6 Å². The van der Waals surface area contributed by atoms with Crippen molar-refractivity contribution in [2.24, 2.45) is 0 Å². The van der Waals surface area contributed by atoms with Gasteiger partial charge in [0.25, 0.3) is 0 Å². The molecule has 0 aliphatic carbocycles. The van der Waals surface area contributed by atoms with E-state index in [1.807, 2.05) is 24.3 Å². The zero-order valence-electron chi connectivity index (χ0n) is 11.6. The molecule has 1 heterocycles. The molecule has 1 aliphatic rings. The third-order valence-corrected chi connectivity index (χ3v) is 3.83. The number of hydrogen-bond acceptors (Lipinski definition) is 1. The van der Waals surface area contributed by atoms with Gasteiger partial charge in [0.2, 0.25) is 0 Å². The van der Waals surface area contributed by atoms with Gasteiger partial charge in [0.15, 0.2) is 0 Å². The van der Waals surface area contributed by atoms with E-state index in [0.717, 1.165) is 24.2 Å². The molecule has 0 spiro atoms. The Labute approximate surface area is 119 Å². The maximum atomic E-state index is 13.2. The average Bonchev–Trinajstić information content (AvgIpc) is 2.89. The topological polar surface area (TPSA) is 3.24 Å². The predicted octanol–water partition coefficient (Wildman–Crippen LogP) is 4.29. The molecule has 2 aromatic carbocycles. The van der Waals surface area contributed by atoms with Crippen LogP contribution in [-0.2, 0) is 6.42 Å². The van der Waals surface area contributed by atoms with Crippen LogP contribution in [0.15, 0.2) is 54.6 Å². The van der Waals surface area contributed by atoms with E-state index in [1.165, 1.54) is 5.56 Å². The maximum Gasteiger partial charge on any atom is 0.123 e. The normalized spacial score (nSPS) is 15.6. The first kappa shape index (κ1) is 12.9. The molecule has 0 bridgehead atoms. The lowest BCUT2D eigenvalue weighted by Gasteiger charge is -2.24. The van der Waals surface area contributed by atoms with Crippen LogP contribution in [-0.4, -0.2) is 12.6 Å². The highest BCUT2D eigenvalue weighted by molar-refractivity contribution is 5.60. The van der Waals surface area contributed by atoms with Crippen LogP contribution in [0.1, 0.15) is 18.1 Å². The summed E-state index contributed by atoms with van der Waals surface area (Å²) < 4.78 is 13.2. The van der Waals surface area contributed by atoms with Crippen molar-refractivity contribution in [1.29, 1.82) is 0 Å². The number of halogens is 1. The highest BCUT2D eigenvalue weighted by Gasteiger charge is 2.22. The van der Waals surface area contributed by atoms with E-state index < -0.39 is 0 Å². The van der Waals surface area contributed by atoms with Gasteiger partial charge in [-0.3, -0.25) is 0 Å². The Balaban J connectivity index is 1.77. The van der Waals surface area contributed by atoms with Crippen LogP contribution in [0, 0.1) is 5.82 Å². The summed E-state index contributed by atoms with van der Waals surface area (Å²) in [7, 11) is 0. The smallest absolute Gasteiger partial charge is 0.123 e. The predicted molar refractivity (Wildman–Crippen MR) is 82.4 cm³/mol. The van der Waals surface area contributed by atoms with E-state index >= 15 is 0 Å². The molecule has 20 heavy (non-hydrogen) atoms. The number of benzene rings is 2. The first-order valence-corrected chi connectivity index (χ1v) is 7.02. The fraction of sp³-hybridized carbons (Fsp3) is 0.222. The van der Waals surface area contributed by atoms with Crippen LogP contribution in [0.4, 0.5) is 10.1 Å². The third kappa shape index (κ3) is 2.60. The van der Waals surface area contributed by atoms with Crippen molar-refractivity contribution in [2.75, 3.05) is 11.4 Å². The first-order valence-electron chi connectivity index (χ1n) is 7.02. The van der Waals surface area contributed by atoms with Crippen LogP contribution in [0.3, 0.4) is 0 Å².